The molecule has 1 aliphatic carbocycles. The molecule has 6 nitrogen and oxygen atoms in total. The Bertz CT molecular complexity index is 1210. The monoisotopic (exact) mass is 429 g/mol. The van der Waals surface area contributed by atoms with Crippen LogP contribution >= 0.6 is 0 Å². The van der Waals surface area contributed by atoms with Gasteiger partial charge in [0.1, 0.15) is 0 Å². The lowest BCUT2D eigenvalue weighted by atomic mass is 9.73. The first-order valence-corrected chi connectivity index (χ1v) is 10.7. The van der Waals surface area contributed by atoms with Crippen molar-refractivity contribution in [1.82, 2.24) is 20.2 Å². The van der Waals surface area contributed by atoms with E-state index >= 15 is 0 Å². The lowest BCUT2D eigenvalue weighted by Gasteiger charge is -2.46. The molecule has 0 unspecified atom stereocenters. The molecule has 7 heteroatoms. The summed E-state index contributed by atoms with van der Waals surface area (Å²) >= 11 is 0. The van der Waals surface area contributed by atoms with E-state index in [-0.39, 0.29) is 17.4 Å². The Hall–Kier alpha value is -3.61. The number of rotatable bonds is 4. The van der Waals surface area contributed by atoms with Crippen LogP contribution in [-0.2, 0) is 10.3 Å². The number of hydrogen-bond acceptors (Lipinski definition) is 4. The second-order valence-electron chi connectivity index (χ2n) is 8.72. The summed E-state index contributed by atoms with van der Waals surface area (Å²) in [6, 6.07) is 15.1. The number of hydrogen-bond donors (Lipinski definition) is 2. The molecule has 1 saturated carbocycles. The number of amides is 1. The Kier molecular flexibility index (Phi) is 4.77. The van der Waals surface area contributed by atoms with E-state index < -0.39 is 17.4 Å². The molecule has 32 heavy (non-hydrogen) atoms. The van der Waals surface area contributed by atoms with Crippen LogP contribution in [0.3, 0.4) is 0 Å². The SMILES string of the molecule is CN1C(=N)N[C@](C)(c2ccnc(-c3cccnc3F)c2)[C@H](c2ccc(C3CC3)cc2)C1=O. The minimum Gasteiger partial charge on any atom is -0.346 e. The molecule has 162 valence electrons. The topological polar surface area (TPSA) is 82.0 Å². The van der Waals surface area contributed by atoms with Gasteiger partial charge in [0.25, 0.3) is 0 Å². The molecule has 0 spiro atoms. The number of aromatic nitrogens is 2. The van der Waals surface area contributed by atoms with Crippen LogP contribution in [0.25, 0.3) is 11.3 Å². The van der Waals surface area contributed by atoms with E-state index in [1.54, 1.807) is 31.4 Å². The quantitative estimate of drug-likeness (QED) is 0.611. The summed E-state index contributed by atoms with van der Waals surface area (Å²) in [5.74, 6) is -0.683. The molecule has 2 aromatic heterocycles. The van der Waals surface area contributed by atoms with Gasteiger partial charge in [-0.25, -0.2) is 4.98 Å². The molecule has 3 heterocycles. The second-order valence-corrected chi connectivity index (χ2v) is 8.72. The van der Waals surface area contributed by atoms with Gasteiger partial charge in [-0.2, -0.15) is 4.39 Å². The van der Waals surface area contributed by atoms with Crippen LogP contribution in [0.4, 0.5) is 4.39 Å². The lowest BCUT2D eigenvalue weighted by Crippen LogP contribution is -2.62. The predicted molar refractivity (Wildman–Crippen MR) is 120 cm³/mol. The third-order valence-corrected chi connectivity index (χ3v) is 6.58. The Morgan fingerprint density at radius 1 is 1.09 bits per heavy atom. The highest BCUT2D eigenvalue weighted by Gasteiger charge is 2.48. The number of guanidine groups is 1. The van der Waals surface area contributed by atoms with Crippen molar-refractivity contribution in [1.29, 1.82) is 5.41 Å². The van der Waals surface area contributed by atoms with Crippen molar-refractivity contribution in [2.45, 2.75) is 37.1 Å². The number of likely N-dealkylation sites (N-methyl/N-ethyl adjacent to an activating group) is 1. The van der Waals surface area contributed by atoms with Crippen molar-refractivity contribution >= 4 is 11.9 Å². The van der Waals surface area contributed by atoms with Crippen molar-refractivity contribution in [3.8, 4) is 11.3 Å². The maximum absolute atomic E-state index is 14.3. The van der Waals surface area contributed by atoms with Crippen LogP contribution in [0.2, 0.25) is 0 Å². The molecule has 3 aromatic rings. The Morgan fingerprint density at radius 2 is 1.81 bits per heavy atom. The average Bonchev–Trinajstić information content (AvgIpc) is 3.64. The summed E-state index contributed by atoms with van der Waals surface area (Å²) in [7, 11) is 1.60. The standard InChI is InChI=1S/C25H24FN5O/c1-25(18-11-13-28-20(14-18)19-4-3-12-29-22(19)26)21(23(32)31(2)24(27)30-25)17-9-7-16(8-10-17)15-5-6-15/h3-4,7-15,21H,5-6H2,1-2H3,(H2,27,30)/t21-,25-/m1/s1. The van der Waals surface area contributed by atoms with Gasteiger partial charge in [0.15, 0.2) is 5.96 Å². The van der Waals surface area contributed by atoms with Crippen molar-refractivity contribution in [2.75, 3.05) is 7.05 Å². The Labute approximate surface area is 186 Å². The van der Waals surface area contributed by atoms with Gasteiger partial charge < -0.3 is 5.32 Å². The van der Waals surface area contributed by atoms with E-state index in [1.165, 1.54) is 29.5 Å². The van der Waals surface area contributed by atoms with Crippen LogP contribution in [0, 0.1) is 11.4 Å². The zero-order valence-electron chi connectivity index (χ0n) is 18.0. The van der Waals surface area contributed by atoms with Gasteiger partial charge in [-0.15, -0.1) is 0 Å². The van der Waals surface area contributed by atoms with Gasteiger partial charge in [0, 0.05) is 19.4 Å². The third-order valence-electron chi connectivity index (χ3n) is 6.58. The first kappa shape index (κ1) is 20.3. The molecule has 0 radical (unpaired) electrons. The highest BCUT2D eigenvalue weighted by atomic mass is 19.1. The van der Waals surface area contributed by atoms with Crippen molar-refractivity contribution in [2.24, 2.45) is 0 Å². The predicted octanol–water partition coefficient (Wildman–Crippen LogP) is 4.16. The number of nitrogens with zero attached hydrogens (tertiary/aromatic N) is 3. The van der Waals surface area contributed by atoms with E-state index in [0.717, 1.165) is 11.1 Å². The average molecular weight is 429 g/mol. The number of halogens is 1. The summed E-state index contributed by atoms with van der Waals surface area (Å²) in [5.41, 5.74) is 2.71. The normalized spacial score (nSPS) is 23.2. The van der Waals surface area contributed by atoms with Crippen molar-refractivity contribution in [3.05, 3.63) is 83.6 Å². The summed E-state index contributed by atoms with van der Waals surface area (Å²) in [5, 5.41) is 11.6. The number of carbonyl (C=O) groups is 1. The molecular weight excluding hydrogens is 405 g/mol. The fraction of sp³-hybridized carbons (Fsp3) is 0.280. The molecule has 1 saturated heterocycles. The molecule has 2 fully saturated rings. The summed E-state index contributed by atoms with van der Waals surface area (Å²) in [4.78, 5) is 22.8. The fourth-order valence-corrected chi connectivity index (χ4v) is 4.52. The van der Waals surface area contributed by atoms with Crippen molar-refractivity contribution < 1.29 is 9.18 Å². The molecule has 0 bridgehead atoms. The first-order valence-electron chi connectivity index (χ1n) is 10.7. The molecule has 2 N–H and O–H groups in total. The minimum atomic E-state index is -0.919. The maximum Gasteiger partial charge on any atom is 0.239 e. The van der Waals surface area contributed by atoms with Crippen LogP contribution in [0.5, 0.6) is 0 Å². The zero-order chi connectivity index (χ0) is 22.5. The molecule has 1 amide bonds. The van der Waals surface area contributed by atoms with Gasteiger partial charge in [0.2, 0.25) is 11.9 Å². The smallest absolute Gasteiger partial charge is 0.239 e. The van der Waals surface area contributed by atoms with E-state index in [0.29, 0.717) is 11.6 Å². The molecule has 5 rings (SSSR count). The van der Waals surface area contributed by atoms with E-state index in [9.17, 15) is 9.18 Å². The number of pyridine rings is 2. The molecule has 2 atom stereocenters. The largest absolute Gasteiger partial charge is 0.346 e. The highest BCUT2D eigenvalue weighted by molar-refractivity contribution is 6.02. The van der Waals surface area contributed by atoms with Gasteiger partial charge >= 0.3 is 0 Å². The van der Waals surface area contributed by atoms with Gasteiger partial charge in [-0.1, -0.05) is 24.3 Å². The van der Waals surface area contributed by atoms with Crippen LogP contribution in [0.1, 0.15) is 48.3 Å². The Morgan fingerprint density at radius 3 is 2.50 bits per heavy atom. The second kappa shape index (κ2) is 7.51. The van der Waals surface area contributed by atoms with E-state index in [4.69, 9.17) is 5.41 Å². The van der Waals surface area contributed by atoms with Gasteiger partial charge in [-0.05, 0) is 66.6 Å². The fourth-order valence-electron chi connectivity index (χ4n) is 4.52. The zero-order valence-corrected chi connectivity index (χ0v) is 18.0. The summed E-state index contributed by atoms with van der Waals surface area (Å²) in [6.45, 7) is 1.91. The van der Waals surface area contributed by atoms with Crippen molar-refractivity contribution in [3.63, 3.8) is 0 Å². The van der Waals surface area contributed by atoms with Gasteiger partial charge in [0.05, 0.1) is 22.7 Å². The molecule has 1 aromatic carbocycles. The molecular formula is C25H24FN5O. The van der Waals surface area contributed by atoms with E-state index in [2.05, 4.69) is 27.4 Å². The summed E-state index contributed by atoms with van der Waals surface area (Å²) in [6.07, 6.45) is 5.42. The number of carbonyl (C=O) groups excluding carboxylic acids is 1. The van der Waals surface area contributed by atoms with Crippen LogP contribution in [-0.4, -0.2) is 33.8 Å². The minimum absolute atomic E-state index is 0.0225. The van der Waals surface area contributed by atoms with Gasteiger partial charge in [-0.3, -0.25) is 20.1 Å². The lowest BCUT2D eigenvalue weighted by molar-refractivity contribution is -0.131. The molecule has 2 aliphatic rings. The number of nitrogens with one attached hydrogen (secondary N) is 2. The number of benzene rings is 1. The third kappa shape index (κ3) is 3.34. The Balaban J connectivity index is 1.61. The first-order chi connectivity index (χ1) is 15.4. The van der Waals surface area contributed by atoms with Crippen LogP contribution in [0.15, 0.2) is 60.9 Å². The molecule has 1 aliphatic heterocycles. The van der Waals surface area contributed by atoms with Crippen LogP contribution < -0.4 is 5.32 Å². The highest BCUT2D eigenvalue weighted by Crippen LogP contribution is 2.44. The summed E-state index contributed by atoms with van der Waals surface area (Å²) < 4.78 is 14.3. The maximum atomic E-state index is 14.3. The van der Waals surface area contributed by atoms with E-state index in [1.807, 2.05) is 25.1 Å².